The van der Waals surface area contributed by atoms with Crippen LogP contribution in [0, 0.1) is 27.7 Å². The SMILES string of the molecule is CCC(C)(CC)c1cc(C)c(N2c3ccc(C(C)(C)C)cc3B3c4cc(C(C)(C)C)ccc4N(c4cc(C)c(C(C)(CC)CC)cc4C)c4cc(N(c5cc(C(C)(C)C)cc(C(C)(C)C)c5)c5cc(C(C)(C)C)cc(C(C)(C)C)c5)cc2c43)cc1C. The van der Waals surface area contributed by atoms with Gasteiger partial charge in [-0.1, -0.05) is 215 Å². The summed E-state index contributed by atoms with van der Waals surface area (Å²) >= 11 is 0. The predicted octanol–water partition coefficient (Wildman–Crippen LogP) is 22.4. The maximum Gasteiger partial charge on any atom is 0.252 e. The molecule has 0 saturated carbocycles. The maximum absolute atomic E-state index is 2.71. The average molecular weight is 1150 g/mol. The van der Waals surface area contributed by atoms with Crippen molar-refractivity contribution in [3.63, 3.8) is 0 Å². The van der Waals surface area contributed by atoms with Gasteiger partial charge in [-0.2, -0.15) is 0 Å². The minimum absolute atomic E-state index is 0.0622. The van der Waals surface area contributed by atoms with Crippen LogP contribution < -0.4 is 31.1 Å². The van der Waals surface area contributed by atoms with E-state index in [1.54, 1.807) is 0 Å². The Labute approximate surface area is 524 Å². The van der Waals surface area contributed by atoms with Crippen molar-refractivity contribution >= 4 is 74.3 Å². The third-order valence-electron chi connectivity index (χ3n) is 20.8. The second kappa shape index (κ2) is 21.9. The van der Waals surface area contributed by atoms with Gasteiger partial charge in [-0.15, -0.1) is 0 Å². The molecular formula is C82H110BN3. The molecule has 7 aromatic carbocycles. The Bertz CT molecular complexity index is 3440. The molecular weight excluding hydrogens is 1040 g/mol. The lowest BCUT2D eigenvalue weighted by Gasteiger charge is -2.46. The van der Waals surface area contributed by atoms with E-state index in [2.05, 4.69) is 318 Å². The molecule has 86 heavy (non-hydrogen) atoms. The lowest BCUT2D eigenvalue weighted by Crippen LogP contribution is -2.61. The van der Waals surface area contributed by atoms with Crippen LogP contribution in [0.4, 0.5) is 51.2 Å². The molecule has 0 radical (unpaired) electrons. The summed E-state index contributed by atoms with van der Waals surface area (Å²) in [6.07, 6.45) is 4.34. The highest BCUT2D eigenvalue weighted by Gasteiger charge is 2.46. The Hall–Kier alpha value is -6.00. The average Bonchev–Trinajstić information content (AvgIpc) is 0.693. The first-order chi connectivity index (χ1) is 39.6. The van der Waals surface area contributed by atoms with Crippen LogP contribution in [-0.4, -0.2) is 6.71 Å². The van der Waals surface area contributed by atoms with Crippen LogP contribution in [0.15, 0.2) is 109 Å². The normalized spacial score (nSPS) is 14.2. The van der Waals surface area contributed by atoms with Crippen molar-refractivity contribution in [2.45, 2.75) is 263 Å². The number of fused-ring (bicyclic) bond motifs is 4. The summed E-state index contributed by atoms with van der Waals surface area (Å²) in [4.78, 5) is 8.09. The number of hydrogen-bond donors (Lipinski definition) is 0. The highest BCUT2D eigenvalue weighted by molar-refractivity contribution is 7.00. The monoisotopic (exact) mass is 1150 g/mol. The standard InChI is InChI=1S/C82H110BN3/c1-29-81(27,30-2)64-37-53(7)70(39-51(64)5)85-68-35-33-55(75(9,10)11)47-66(68)83-67-48-56(76(12,13)14)34-36-69(67)86(71-40-52(6)65(38-54(71)8)82(28,31-3)32-4)73-50-63(49-72(85)74(73)83)84(61-43-57(77(15,16)17)41-58(44-61)78(18,19)20)62-45-59(79(21,22)23)42-60(46-62)80(24,25)26/h33-50H,29-32H2,1-28H3. The van der Waals surface area contributed by atoms with Gasteiger partial charge in [0.1, 0.15) is 0 Å². The van der Waals surface area contributed by atoms with Crippen LogP contribution in [0.25, 0.3) is 0 Å². The van der Waals surface area contributed by atoms with Crippen molar-refractivity contribution in [3.05, 3.63) is 176 Å². The van der Waals surface area contributed by atoms with Gasteiger partial charge in [0.15, 0.2) is 0 Å². The quantitative estimate of drug-likeness (QED) is 0.120. The first kappa shape index (κ1) is 64.5. The lowest BCUT2D eigenvalue weighted by molar-refractivity contribution is 0.436. The van der Waals surface area contributed by atoms with E-state index in [1.165, 1.54) is 129 Å². The van der Waals surface area contributed by atoms with Crippen LogP contribution in [-0.2, 0) is 43.3 Å². The van der Waals surface area contributed by atoms with E-state index in [0.717, 1.165) is 31.4 Å². The lowest BCUT2D eigenvalue weighted by atomic mass is 9.33. The van der Waals surface area contributed by atoms with Crippen LogP contribution in [0.2, 0.25) is 0 Å². The predicted molar refractivity (Wildman–Crippen MR) is 382 cm³/mol. The molecule has 2 aliphatic rings. The number of hydrogen-bond acceptors (Lipinski definition) is 3. The second-order valence-corrected chi connectivity index (χ2v) is 33.4. The zero-order chi connectivity index (χ0) is 63.7. The van der Waals surface area contributed by atoms with Gasteiger partial charge in [-0.05, 0) is 241 Å². The molecule has 4 heteroatoms. The van der Waals surface area contributed by atoms with Gasteiger partial charge in [-0.3, -0.25) is 0 Å². The minimum Gasteiger partial charge on any atom is -0.311 e. The molecule has 0 fully saturated rings. The van der Waals surface area contributed by atoms with Gasteiger partial charge >= 0.3 is 0 Å². The van der Waals surface area contributed by atoms with Crippen molar-refractivity contribution in [2.24, 2.45) is 0 Å². The van der Waals surface area contributed by atoms with Gasteiger partial charge in [0.25, 0.3) is 6.71 Å². The van der Waals surface area contributed by atoms with Crippen molar-refractivity contribution < 1.29 is 0 Å². The van der Waals surface area contributed by atoms with Crippen molar-refractivity contribution in [1.29, 1.82) is 0 Å². The molecule has 0 aliphatic carbocycles. The minimum atomic E-state index is -0.111. The zero-order valence-corrected chi connectivity index (χ0v) is 59.1. The van der Waals surface area contributed by atoms with E-state index >= 15 is 0 Å². The molecule has 456 valence electrons. The molecule has 0 bridgehead atoms. The molecule has 0 unspecified atom stereocenters. The Morgan fingerprint density at radius 1 is 0.302 bits per heavy atom. The van der Waals surface area contributed by atoms with Crippen LogP contribution in [0.3, 0.4) is 0 Å². The summed E-state index contributed by atoms with van der Waals surface area (Å²) in [6, 6.07) is 45.5. The summed E-state index contributed by atoms with van der Waals surface area (Å²) in [6.45, 7) is 66.7. The number of aryl methyl sites for hydroxylation is 4. The molecule has 0 atom stereocenters. The molecule has 7 aromatic rings. The first-order valence-electron chi connectivity index (χ1n) is 33.0. The van der Waals surface area contributed by atoms with Crippen LogP contribution >= 0.6 is 0 Å². The van der Waals surface area contributed by atoms with Crippen molar-refractivity contribution in [2.75, 3.05) is 14.7 Å². The smallest absolute Gasteiger partial charge is 0.252 e. The number of benzene rings is 7. The van der Waals surface area contributed by atoms with E-state index in [0.29, 0.717) is 0 Å². The molecule has 3 nitrogen and oxygen atoms in total. The van der Waals surface area contributed by atoms with Gasteiger partial charge in [0, 0.05) is 45.5 Å². The Morgan fingerprint density at radius 2 is 0.593 bits per heavy atom. The fraction of sp³-hybridized carbons (Fsp3) is 0.488. The summed E-state index contributed by atoms with van der Waals surface area (Å²) in [5.74, 6) is 0. The Kier molecular flexibility index (Phi) is 16.5. The fourth-order valence-electron chi connectivity index (χ4n) is 13.9. The summed E-state index contributed by atoms with van der Waals surface area (Å²) in [5, 5.41) is 0. The van der Waals surface area contributed by atoms with Gasteiger partial charge in [0.05, 0.1) is 5.69 Å². The zero-order valence-electron chi connectivity index (χ0n) is 59.1. The topological polar surface area (TPSA) is 9.72 Å². The maximum atomic E-state index is 2.71. The van der Waals surface area contributed by atoms with E-state index in [-0.39, 0.29) is 50.0 Å². The fourth-order valence-corrected chi connectivity index (χ4v) is 13.9. The Morgan fingerprint density at radius 3 is 0.872 bits per heavy atom. The highest BCUT2D eigenvalue weighted by atomic mass is 15.2. The van der Waals surface area contributed by atoms with Gasteiger partial charge in [-0.25, -0.2) is 0 Å². The van der Waals surface area contributed by atoms with Crippen molar-refractivity contribution in [3.8, 4) is 0 Å². The number of nitrogens with zero attached hydrogens (tertiary/aromatic N) is 3. The van der Waals surface area contributed by atoms with Crippen molar-refractivity contribution in [1.82, 2.24) is 0 Å². The molecule has 0 saturated heterocycles. The third kappa shape index (κ3) is 11.6. The molecule has 0 aromatic heterocycles. The van der Waals surface area contributed by atoms with E-state index < -0.39 is 0 Å². The first-order valence-corrected chi connectivity index (χ1v) is 33.0. The third-order valence-corrected chi connectivity index (χ3v) is 20.8. The van der Waals surface area contributed by atoms with Crippen LogP contribution in [0.5, 0.6) is 0 Å². The largest absolute Gasteiger partial charge is 0.311 e. The molecule has 0 spiro atoms. The number of rotatable bonds is 11. The van der Waals surface area contributed by atoms with E-state index in [4.69, 9.17) is 0 Å². The van der Waals surface area contributed by atoms with E-state index in [9.17, 15) is 0 Å². The highest BCUT2D eigenvalue weighted by Crippen LogP contribution is 2.53. The second-order valence-electron chi connectivity index (χ2n) is 33.4. The number of anilines is 9. The molecule has 9 rings (SSSR count). The molecule has 2 heterocycles. The van der Waals surface area contributed by atoms with Gasteiger partial charge < -0.3 is 14.7 Å². The Balaban J connectivity index is 1.56. The summed E-state index contributed by atoms with van der Waals surface area (Å²) in [5.41, 5.74) is 30.7. The van der Waals surface area contributed by atoms with E-state index in [1.807, 2.05) is 0 Å². The van der Waals surface area contributed by atoms with Crippen LogP contribution in [0.1, 0.15) is 259 Å². The summed E-state index contributed by atoms with van der Waals surface area (Å²) < 4.78 is 0. The molecule has 0 N–H and O–H groups in total. The molecule has 0 amide bonds. The summed E-state index contributed by atoms with van der Waals surface area (Å²) in [7, 11) is 0. The van der Waals surface area contributed by atoms with Gasteiger partial charge in [0.2, 0.25) is 0 Å². The molecule has 2 aliphatic heterocycles.